The molecule has 2 N–H and O–H groups in total. The fourth-order valence-corrected chi connectivity index (χ4v) is 3.18. The van der Waals surface area contributed by atoms with Gasteiger partial charge in [-0.15, -0.1) is 0 Å². The Labute approximate surface area is 157 Å². The number of ether oxygens (including phenoxy) is 1. The number of methoxy groups -OCH3 is 1. The first-order valence-corrected chi connectivity index (χ1v) is 8.50. The zero-order valence-corrected chi connectivity index (χ0v) is 15.2. The van der Waals surface area contributed by atoms with Crippen molar-refractivity contribution < 1.29 is 19.1 Å². The molecule has 1 unspecified atom stereocenters. The number of amides is 4. The van der Waals surface area contributed by atoms with E-state index in [9.17, 15) is 14.4 Å². The van der Waals surface area contributed by atoms with Crippen molar-refractivity contribution in [3.05, 3.63) is 65.2 Å². The summed E-state index contributed by atoms with van der Waals surface area (Å²) in [5, 5.41) is 4.98. The molecule has 1 atom stereocenters. The number of nitrogens with zero attached hydrogens (tertiary/aromatic N) is 1. The van der Waals surface area contributed by atoms with Gasteiger partial charge in [-0.2, -0.15) is 0 Å². The van der Waals surface area contributed by atoms with Crippen molar-refractivity contribution in [1.82, 2.24) is 15.5 Å². The summed E-state index contributed by atoms with van der Waals surface area (Å²) in [4.78, 5) is 37.7. The second-order valence-electron chi connectivity index (χ2n) is 6.54. The van der Waals surface area contributed by atoms with Gasteiger partial charge in [0.2, 0.25) is 6.41 Å². The topological polar surface area (TPSA) is 87.7 Å². The Hall–Kier alpha value is -3.35. The summed E-state index contributed by atoms with van der Waals surface area (Å²) in [7, 11) is 1.57. The highest BCUT2D eigenvalue weighted by Gasteiger charge is 2.48. The SMILES string of the molecule is COc1cccc(CN(C=O)CC2(c3ccc(C)cc3)NC(=O)NC2=O)c1. The van der Waals surface area contributed by atoms with E-state index in [1.54, 1.807) is 19.2 Å². The van der Waals surface area contributed by atoms with Crippen molar-refractivity contribution in [1.29, 1.82) is 0 Å². The van der Waals surface area contributed by atoms with Gasteiger partial charge in [-0.25, -0.2) is 4.79 Å². The van der Waals surface area contributed by atoms with Gasteiger partial charge in [-0.3, -0.25) is 14.9 Å². The van der Waals surface area contributed by atoms with Gasteiger partial charge in [0, 0.05) is 6.54 Å². The van der Waals surface area contributed by atoms with Gasteiger partial charge in [-0.1, -0.05) is 42.0 Å². The summed E-state index contributed by atoms with van der Waals surface area (Å²) >= 11 is 0. The van der Waals surface area contributed by atoms with Crippen LogP contribution in [0.1, 0.15) is 16.7 Å². The first kappa shape index (κ1) is 18.4. The van der Waals surface area contributed by atoms with E-state index >= 15 is 0 Å². The van der Waals surface area contributed by atoms with E-state index in [0.717, 1.165) is 11.1 Å². The van der Waals surface area contributed by atoms with E-state index in [1.807, 2.05) is 43.3 Å². The minimum absolute atomic E-state index is 0.00828. The molecule has 0 radical (unpaired) electrons. The van der Waals surface area contributed by atoms with Crippen LogP contribution in [-0.4, -0.2) is 36.9 Å². The van der Waals surface area contributed by atoms with Gasteiger partial charge >= 0.3 is 6.03 Å². The van der Waals surface area contributed by atoms with Crippen LogP contribution in [0.4, 0.5) is 4.79 Å². The van der Waals surface area contributed by atoms with Crippen LogP contribution in [0.15, 0.2) is 48.5 Å². The molecule has 2 aromatic rings. The highest BCUT2D eigenvalue weighted by atomic mass is 16.5. The third-order valence-corrected chi connectivity index (χ3v) is 4.60. The van der Waals surface area contributed by atoms with Crippen molar-refractivity contribution in [3.63, 3.8) is 0 Å². The Bertz CT molecular complexity index is 866. The second kappa shape index (κ2) is 7.49. The molecule has 1 fully saturated rings. The van der Waals surface area contributed by atoms with Crippen molar-refractivity contribution in [2.45, 2.75) is 19.0 Å². The standard InChI is InChI=1S/C20H21N3O4/c1-14-6-8-16(9-7-14)20(18(25)21-19(26)22-20)12-23(13-24)11-15-4-3-5-17(10-15)27-2/h3-10,13H,11-12H2,1-2H3,(H2,21,22,25,26). The number of aryl methyl sites for hydroxylation is 1. The average molecular weight is 367 g/mol. The molecule has 7 heteroatoms. The average Bonchev–Trinajstić information content (AvgIpc) is 2.95. The summed E-state index contributed by atoms with van der Waals surface area (Å²) in [6.45, 7) is 2.22. The van der Waals surface area contributed by atoms with E-state index in [-0.39, 0.29) is 13.1 Å². The number of hydrogen-bond donors (Lipinski definition) is 2. The number of imide groups is 1. The van der Waals surface area contributed by atoms with Gasteiger partial charge < -0.3 is 15.0 Å². The maximum atomic E-state index is 12.6. The predicted octanol–water partition coefficient (Wildman–Crippen LogP) is 1.70. The molecule has 1 aliphatic heterocycles. The predicted molar refractivity (Wildman–Crippen MR) is 99.0 cm³/mol. The molecule has 0 aromatic heterocycles. The van der Waals surface area contributed by atoms with Crippen molar-refractivity contribution >= 4 is 18.3 Å². The monoisotopic (exact) mass is 367 g/mol. The fraction of sp³-hybridized carbons (Fsp3) is 0.250. The van der Waals surface area contributed by atoms with Crippen LogP contribution in [0.3, 0.4) is 0 Å². The smallest absolute Gasteiger partial charge is 0.322 e. The Kier molecular flexibility index (Phi) is 5.12. The van der Waals surface area contributed by atoms with Crippen molar-refractivity contribution in [2.75, 3.05) is 13.7 Å². The number of hydrogen-bond acceptors (Lipinski definition) is 4. The van der Waals surface area contributed by atoms with Crippen LogP contribution in [0, 0.1) is 6.92 Å². The molecule has 0 saturated carbocycles. The number of rotatable bonds is 7. The molecular formula is C20H21N3O4. The molecule has 1 aliphatic rings. The lowest BCUT2D eigenvalue weighted by Gasteiger charge is -2.31. The first-order chi connectivity index (χ1) is 13.0. The van der Waals surface area contributed by atoms with Crippen molar-refractivity contribution in [3.8, 4) is 5.75 Å². The molecule has 7 nitrogen and oxygen atoms in total. The first-order valence-electron chi connectivity index (χ1n) is 8.50. The Morgan fingerprint density at radius 1 is 1.15 bits per heavy atom. The number of benzene rings is 2. The summed E-state index contributed by atoms with van der Waals surface area (Å²) in [5.74, 6) is 0.201. The summed E-state index contributed by atoms with van der Waals surface area (Å²) in [5.41, 5.74) is 1.17. The molecule has 1 saturated heterocycles. The van der Waals surface area contributed by atoms with E-state index in [2.05, 4.69) is 10.6 Å². The molecule has 2 aromatic carbocycles. The van der Waals surface area contributed by atoms with Crippen molar-refractivity contribution in [2.24, 2.45) is 0 Å². The van der Waals surface area contributed by atoms with Gasteiger partial charge in [0.05, 0.1) is 13.7 Å². The largest absolute Gasteiger partial charge is 0.497 e. The summed E-state index contributed by atoms with van der Waals surface area (Å²) in [6, 6.07) is 14.1. The zero-order chi connectivity index (χ0) is 19.4. The quantitative estimate of drug-likeness (QED) is 0.576. The number of nitrogens with one attached hydrogen (secondary N) is 2. The second-order valence-corrected chi connectivity index (χ2v) is 6.54. The Morgan fingerprint density at radius 3 is 2.48 bits per heavy atom. The summed E-state index contributed by atoms with van der Waals surface area (Å²) in [6.07, 6.45) is 0.674. The third-order valence-electron chi connectivity index (χ3n) is 4.60. The molecule has 140 valence electrons. The summed E-state index contributed by atoms with van der Waals surface area (Å²) < 4.78 is 5.21. The zero-order valence-electron chi connectivity index (χ0n) is 15.2. The minimum Gasteiger partial charge on any atom is -0.497 e. The van der Waals surface area contributed by atoms with Gasteiger partial charge in [0.15, 0.2) is 5.54 Å². The Morgan fingerprint density at radius 2 is 1.89 bits per heavy atom. The minimum atomic E-state index is -1.33. The molecule has 1 heterocycles. The van der Waals surface area contributed by atoms with Crippen LogP contribution >= 0.6 is 0 Å². The fourth-order valence-electron chi connectivity index (χ4n) is 3.18. The van der Waals surface area contributed by atoms with Crippen LogP contribution in [0.25, 0.3) is 0 Å². The van der Waals surface area contributed by atoms with Gasteiger partial charge in [0.1, 0.15) is 5.75 Å². The maximum Gasteiger partial charge on any atom is 0.322 e. The third kappa shape index (κ3) is 3.76. The molecule has 4 amide bonds. The van der Waals surface area contributed by atoms with E-state index in [4.69, 9.17) is 4.74 Å². The number of urea groups is 1. The number of carbonyl (C=O) groups excluding carboxylic acids is 3. The Balaban J connectivity index is 1.90. The molecule has 27 heavy (non-hydrogen) atoms. The van der Waals surface area contributed by atoms with E-state index < -0.39 is 17.5 Å². The molecular weight excluding hydrogens is 346 g/mol. The van der Waals surface area contributed by atoms with Crippen LogP contribution in [0.5, 0.6) is 5.75 Å². The highest BCUT2D eigenvalue weighted by Crippen LogP contribution is 2.27. The molecule has 3 rings (SSSR count). The highest BCUT2D eigenvalue weighted by molar-refractivity contribution is 6.07. The van der Waals surface area contributed by atoms with Crippen LogP contribution in [0.2, 0.25) is 0 Å². The maximum absolute atomic E-state index is 12.6. The lowest BCUT2D eigenvalue weighted by Crippen LogP contribution is -2.52. The van der Waals surface area contributed by atoms with Gasteiger partial charge in [-0.05, 0) is 30.2 Å². The van der Waals surface area contributed by atoms with Crippen LogP contribution < -0.4 is 15.4 Å². The molecule has 0 aliphatic carbocycles. The van der Waals surface area contributed by atoms with Gasteiger partial charge in [0.25, 0.3) is 5.91 Å². The van der Waals surface area contributed by atoms with Crippen LogP contribution in [-0.2, 0) is 21.7 Å². The molecule has 0 spiro atoms. The lowest BCUT2D eigenvalue weighted by atomic mass is 9.88. The van der Waals surface area contributed by atoms with E-state index in [0.29, 0.717) is 17.7 Å². The van der Waals surface area contributed by atoms with E-state index in [1.165, 1.54) is 4.90 Å². The number of carbonyl (C=O) groups is 3. The lowest BCUT2D eigenvalue weighted by molar-refractivity contribution is -0.127. The normalized spacial score (nSPS) is 18.6. The molecule has 0 bridgehead atoms.